The van der Waals surface area contributed by atoms with E-state index in [9.17, 15) is 4.79 Å². The van der Waals surface area contributed by atoms with E-state index in [0.29, 0.717) is 29.3 Å². The third-order valence-corrected chi connectivity index (χ3v) is 6.18. The maximum absolute atomic E-state index is 12.0. The number of nitrogens with two attached hydrogens (primary N) is 1. The van der Waals surface area contributed by atoms with Gasteiger partial charge in [-0.3, -0.25) is 4.79 Å². The predicted molar refractivity (Wildman–Crippen MR) is 122 cm³/mol. The Labute approximate surface area is 189 Å². The molecule has 0 unspecified atom stereocenters. The molecule has 32 heavy (non-hydrogen) atoms. The second-order valence-electron chi connectivity index (χ2n) is 7.34. The van der Waals surface area contributed by atoms with Crippen molar-refractivity contribution in [3.8, 4) is 33.6 Å². The molecule has 0 saturated carbocycles. The maximum atomic E-state index is 12.0. The zero-order valence-electron chi connectivity index (χ0n) is 18.3. The van der Waals surface area contributed by atoms with Crippen LogP contribution in [0.1, 0.15) is 27.4 Å². The molecule has 9 heteroatoms. The zero-order chi connectivity index (χ0) is 22.8. The van der Waals surface area contributed by atoms with Crippen molar-refractivity contribution in [3.05, 3.63) is 58.3 Å². The quantitative estimate of drug-likeness (QED) is 0.429. The number of methoxy groups -OCH3 is 2. The van der Waals surface area contributed by atoms with Gasteiger partial charge in [-0.2, -0.15) is 0 Å². The van der Waals surface area contributed by atoms with Crippen LogP contribution in [0.4, 0.5) is 0 Å². The number of aromatic nitrogens is 3. The van der Waals surface area contributed by atoms with E-state index in [1.54, 1.807) is 20.3 Å². The molecule has 3 heterocycles. The van der Waals surface area contributed by atoms with Gasteiger partial charge in [0.2, 0.25) is 0 Å². The normalized spacial score (nSPS) is 11.0. The molecule has 1 aromatic carbocycles. The van der Waals surface area contributed by atoms with E-state index < -0.39 is 5.91 Å². The van der Waals surface area contributed by atoms with Gasteiger partial charge in [0.1, 0.15) is 16.5 Å². The summed E-state index contributed by atoms with van der Waals surface area (Å²) in [5, 5.41) is 6.75. The molecular weight excluding hydrogens is 428 g/mol. The Kier molecular flexibility index (Phi) is 6.00. The molecule has 0 bridgehead atoms. The number of nitrogens with zero attached hydrogens (tertiary/aromatic N) is 3. The topological polar surface area (TPSA) is 105 Å². The molecule has 166 valence electrons. The first-order valence-corrected chi connectivity index (χ1v) is 10.9. The molecule has 0 atom stereocenters. The Balaban J connectivity index is 1.67. The van der Waals surface area contributed by atoms with Crippen LogP contribution in [-0.4, -0.2) is 34.8 Å². The number of thiazole rings is 1. The van der Waals surface area contributed by atoms with E-state index in [1.165, 1.54) is 11.3 Å². The highest BCUT2D eigenvalue weighted by Gasteiger charge is 2.20. The highest BCUT2D eigenvalue weighted by molar-refractivity contribution is 7.13. The van der Waals surface area contributed by atoms with Crippen molar-refractivity contribution in [1.82, 2.24) is 14.7 Å². The summed E-state index contributed by atoms with van der Waals surface area (Å²) >= 11 is 1.47. The van der Waals surface area contributed by atoms with Crippen molar-refractivity contribution in [2.75, 3.05) is 14.2 Å². The van der Waals surface area contributed by atoms with Gasteiger partial charge in [0, 0.05) is 23.7 Å². The predicted octanol–water partition coefficient (Wildman–Crippen LogP) is 4.24. The highest BCUT2D eigenvalue weighted by Crippen LogP contribution is 2.32. The van der Waals surface area contributed by atoms with E-state index in [-0.39, 0.29) is 0 Å². The van der Waals surface area contributed by atoms with Crippen LogP contribution in [0.25, 0.3) is 22.1 Å². The van der Waals surface area contributed by atoms with Crippen LogP contribution in [0, 0.1) is 13.8 Å². The van der Waals surface area contributed by atoms with E-state index >= 15 is 0 Å². The number of benzene rings is 1. The summed E-state index contributed by atoms with van der Waals surface area (Å²) in [6.07, 6.45) is 0.723. The molecule has 0 spiro atoms. The molecule has 0 aliphatic heterocycles. The molecule has 4 rings (SSSR count). The number of aryl methyl sites for hydroxylation is 2. The molecule has 0 radical (unpaired) electrons. The summed E-state index contributed by atoms with van der Waals surface area (Å²) in [7, 11) is 3.23. The van der Waals surface area contributed by atoms with Crippen LogP contribution in [0.2, 0.25) is 0 Å². The monoisotopic (exact) mass is 452 g/mol. The summed E-state index contributed by atoms with van der Waals surface area (Å²) in [5.41, 5.74) is 10.3. The molecule has 1 amide bonds. The fraction of sp³-hybridized carbons (Fsp3) is 0.261. The number of carbonyl (C=O) groups is 1. The van der Waals surface area contributed by atoms with E-state index in [4.69, 9.17) is 24.7 Å². The Morgan fingerprint density at radius 2 is 1.91 bits per heavy atom. The van der Waals surface area contributed by atoms with Gasteiger partial charge in [0.25, 0.3) is 5.91 Å². The summed E-state index contributed by atoms with van der Waals surface area (Å²) < 4.78 is 18.0. The van der Waals surface area contributed by atoms with Gasteiger partial charge in [-0.15, -0.1) is 11.3 Å². The van der Waals surface area contributed by atoms with E-state index in [0.717, 1.165) is 39.8 Å². The smallest absolute Gasteiger partial charge is 0.250 e. The Morgan fingerprint density at radius 1 is 1.12 bits per heavy atom. The van der Waals surface area contributed by atoms with Crippen LogP contribution in [0.3, 0.4) is 0 Å². The minimum Gasteiger partial charge on any atom is -0.493 e. The molecule has 2 N–H and O–H groups in total. The standard InChI is InChI=1S/C23H24N4O4S/c1-13-9-17(26-31-13)23-25-18(12-32-23)19-11-16(22(24)28)14(2)27(19)8-7-15-5-6-20(29-3)21(10-15)30-4/h5-6,9-12H,7-8H2,1-4H3,(H2,24,28). The van der Waals surface area contributed by atoms with Crippen LogP contribution in [-0.2, 0) is 13.0 Å². The van der Waals surface area contributed by atoms with Gasteiger partial charge in [-0.1, -0.05) is 11.2 Å². The third-order valence-electron chi connectivity index (χ3n) is 5.32. The SMILES string of the molecule is COc1ccc(CCn2c(-c3csc(-c4cc(C)on4)n3)cc(C(N)=O)c2C)cc1OC. The largest absolute Gasteiger partial charge is 0.493 e. The van der Waals surface area contributed by atoms with Crippen molar-refractivity contribution in [2.24, 2.45) is 5.73 Å². The van der Waals surface area contributed by atoms with E-state index in [1.807, 2.05) is 43.5 Å². The second-order valence-corrected chi connectivity index (χ2v) is 8.20. The average molecular weight is 453 g/mol. The lowest BCUT2D eigenvalue weighted by atomic mass is 10.1. The van der Waals surface area contributed by atoms with Gasteiger partial charge < -0.3 is 24.3 Å². The summed E-state index contributed by atoms with van der Waals surface area (Å²) in [6.45, 7) is 4.37. The van der Waals surface area contributed by atoms with E-state index in [2.05, 4.69) is 9.72 Å². The number of primary amides is 1. The van der Waals surface area contributed by atoms with Crippen molar-refractivity contribution in [3.63, 3.8) is 0 Å². The molecule has 0 aliphatic rings. The lowest BCUT2D eigenvalue weighted by Crippen LogP contribution is -2.13. The molecule has 0 saturated heterocycles. The number of hydrogen-bond donors (Lipinski definition) is 1. The number of ether oxygens (including phenoxy) is 2. The van der Waals surface area contributed by atoms with Crippen LogP contribution in [0.15, 0.2) is 40.2 Å². The molecular formula is C23H24N4O4S. The minimum absolute atomic E-state index is 0.462. The van der Waals surface area contributed by atoms with Crippen LogP contribution in [0.5, 0.6) is 11.5 Å². The molecule has 8 nitrogen and oxygen atoms in total. The number of rotatable bonds is 8. The van der Waals surface area contributed by atoms with Crippen molar-refractivity contribution in [1.29, 1.82) is 0 Å². The first-order valence-electron chi connectivity index (χ1n) is 10.0. The Bertz CT molecular complexity index is 1270. The number of amides is 1. The molecule has 3 aromatic heterocycles. The molecule has 4 aromatic rings. The fourth-order valence-corrected chi connectivity index (χ4v) is 4.41. The van der Waals surface area contributed by atoms with Crippen molar-refractivity contribution in [2.45, 2.75) is 26.8 Å². The molecule has 0 fully saturated rings. The van der Waals surface area contributed by atoms with Gasteiger partial charge in [0.05, 0.1) is 31.2 Å². The van der Waals surface area contributed by atoms with Crippen LogP contribution < -0.4 is 15.2 Å². The number of hydrogen-bond acceptors (Lipinski definition) is 7. The summed E-state index contributed by atoms with van der Waals surface area (Å²) in [5.74, 6) is 1.63. The summed E-state index contributed by atoms with van der Waals surface area (Å²) in [4.78, 5) is 16.7. The first-order chi connectivity index (χ1) is 15.4. The fourth-order valence-electron chi connectivity index (χ4n) is 3.65. The Hall–Kier alpha value is -3.59. The lowest BCUT2D eigenvalue weighted by Gasteiger charge is -2.13. The van der Waals surface area contributed by atoms with Gasteiger partial charge in [-0.05, 0) is 44.0 Å². The first kappa shape index (κ1) is 21.6. The van der Waals surface area contributed by atoms with Gasteiger partial charge >= 0.3 is 0 Å². The maximum Gasteiger partial charge on any atom is 0.250 e. The average Bonchev–Trinajstić information content (AvgIpc) is 3.50. The zero-order valence-corrected chi connectivity index (χ0v) is 19.2. The second kappa shape index (κ2) is 8.88. The third kappa shape index (κ3) is 4.11. The Morgan fingerprint density at radius 3 is 2.56 bits per heavy atom. The molecule has 0 aliphatic carbocycles. The van der Waals surface area contributed by atoms with Crippen molar-refractivity contribution < 1.29 is 18.8 Å². The summed E-state index contributed by atoms with van der Waals surface area (Å²) in [6, 6.07) is 9.50. The number of carbonyl (C=O) groups excluding carboxylic acids is 1. The highest BCUT2D eigenvalue weighted by atomic mass is 32.1. The van der Waals surface area contributed by atoms with Gasteiger partial charge in [-0.25, -0.2) is 4.98 Å². The van der Waals surface area contributed by atoms with Crippen molar-refractivity contribution >= 4 is 17.2 Å². The lowest BCUT2D eigenvalue weighted by molar-refractivity contribution is 0.0999. The van der Waals surface area contributed by atoms with Gasteiger partial charge in [0.15, 0.2) is 11.5 Å². The minimum atomic E-state index is -0.462. The van der Waals surface area contributed by atoms with Crippen LogP contribution >= 0.6 is 11.3 Å².